The first-order valence-electron chi connectivity index (χ1n) is 8.18. The van der Waals surface area contributed by atoms with Crippen molar-refractivity contribution < 1.29 is 14.3 Å². The SMILES string of the molecule is COc1ccc2c(c1)OCC(C(=O)N1CCCC[C@H]1[C@@H](C)N)=C2. The molecule has 2 N–H and O–H groups in total. The molecule has 124 valence electrons. The molecule has 0 radical (unpaired) electrons. The van der Waals surface area contributed by atoms with Crippen LogP contribution in [0.15, 0.2) is 23.8 Å². The van der Waals surface area contributed by atoms with Crippen LogP contribution in [0.2, 0.25) is 0 Å². The van der Waals surface area contributed by atoms with Crippen LogP contribution in [0.1, 0.15) is 31.7 Å². The molecule has 0 spiro atoms. The van der Waals surface area contributed by atoms with Crippen molar-refractivity contribution in [2.45, 2.75) is 38.3 Å². The van der Waals surface area contributed by atoms with Gasteiger partial charge in [0.1, 0.15) is 18.1 Å². The molecule has 0 saturated carbocycles. The van der Waals surface area contributed by atoms with E-state index in [0.717, 1.165) is 42.9 Å². The van der Waals surface area contributed by atoms with Crippen molar-refractivity contribution in [3.63, 3.8) is 0 Å². The number of rotatable bonds is 3. The van der Waals surface area contributed by atoms with E-state index in [9.17, 15) is 4.79 Å². The first-order chi connectivity index (χ1) is 11.1. The largest absolute Gasteiger partial charge is 0.497 e. The van der Waals surface area contributed by atoms with Gasteiger partial charge in [0.05, 0.1) is 12.7 Å². The van der Waals surface area contributed by atoms with Crippen LogP contribution in [0.4, 0.5) is 0 Å². The Morgan fingerprint density at radius 2 is 2.26 bits per heavy atom. The average Bonchev–Trinajstić information content (AvgIpc) is 2.60. The summed E-state index contributed by atoms with van der Waals surface area (Å²) in [5, 5.41) is 0. The third-order valence-corrected chi connectivity index (χ3v) is 4.63. The number of amides is 1. The van der Waals surface area contributed by atoms with Gasteiger partial charge in [-0.15, -0.1) is 0 Å². The van der Waals surface area contributed by atoms with E-state index in [2.05, 4.69) is 0 Å². The number of fused-ring (bicyclic) bond motifs is 1. The molecule has 0 aromatic heterocycles. The average molecular weight is 316 g/mol. The lowest BCUT2D eigenvalue weighted by molar-refractivity contribution is -0.131. The molecule has 5 heteroatoms. The Bertz CT molecular complexity index is 625. The second-order valence-electron chi connectivity index (χ2n) is 6.28. The summed E-state index contributed by atoms with van der Waals surface area (Å²) in [5.41, 5.74) is 7.68. The van der Waals surface area contributed by atoms with Crippen LogP contribution < -0.4 is 15.2 Å². The summed E-state index contributed by atoms with van der Waals surface area (Å²) in [5.74, 6) is 1.55. The fourth-order valence-corrected chi connectivity index (χ4v) is 3.33. The highest BCUT2D eigenvalue weighted by Gasteiger charge is 2.31. The second kappa shape index (κ2) is 6.62. The molecule has 23 heavy (non-hydrogen) atoms. The summed E-state index contributed by atoms with van der Waals surface area (Å²) in [6.45, 7) is 3.04. The van der Waals surface area contributed by atoms with Crippen molar-refractivity contribution in [3.8, 4) is 11.5 Å². The monoisotopic (exact) mass is 316 g/mol. The second-order valence-corrected chi connectivity index (χ2v) is 6.28. The molecule has 2 aliphatic heterocycles. The van der Waals surface area contributed by atoms with E-state index in [4.69, 9.17) is 15.2 Å². The van der Waals surface area contributed by atoms with Gasteiger partial charge in [-0.1, -0.05) is 0 Å². The van der Waals surface area contributed by atoms with Crippen LogP contribution in [-0.4, -0.2) is 43.2 Å². The Morgan fingerprint density at radius 3 is 3.00 bits per heavy atom. The van der Waals surface area contributed by atoms with Crippen LogP contribution in [0, 0.1) is 0 Å². The predicted octanol–water partition coefficient (Wildman–Crippen LogP) is 2.20. The van der Waals surface area contributed by atoms with Gasteiger partial charge in [-0.2, -0.15) is 0 Å². The van der Waals surface area contributed by atoms with Gasteiger partial charge in [0.15, 0.2) is 0 Å². The number of hydrogen-bond acceptors (Lipinski definition) is 4. The first kappa shape index (κ1) is 15.9. The summed E-state index contributed by atoms with van der Waals surface area (Å²) in [6, 6.07) is 5.74. The zero-order valence-corrected chi connectivity index (χ0v) is 13.7. The molecule has 2 heterocycles. The number of ether oxygens (including phenoxy) is 2. The van der Waals surface area contributed by atoms with Gasteiger partial charge in [0, 0.05) is 30.3 Å². The molecule has 2 atom stereocenters. The first-order valence-corrected chi connectivity index (χ1v) is 8.18. The van der Waals surface area contributed by atoms with Crippen LogP contribution in [-0.2, 0) is 4.79 Å². The van der Waals surface area contributed by atoms with Gasteiger partial charge in [-0.3, -0.25) is 4.79 Å². The topological polar surface area (TPSA) is 64.8 Å². The summed E-state index contributed by atoms with van der Waals surface area (Å²) in [4.78, 5) is 14.8. The third-order valence-electron chi connectivity index (χ3n) is 4.63. The van der Waals surface area contributed by atoms with Crippen molar-refractivity contribution in [2.75, 3.05) is 20.3 Å². The van der Waals surface area contributed by atoms with E-state index >= 15 is 0 Å². The number of hydrogen-bond donors (Lipinski definition) is 1. The zero-order chi connectivity index (χ0) is 16.4. The Labute approximate surface area is 137 Å². The van der Waals surface area contributed by atoms with Crippen molar-refractivity contribution in [3.05, 3.63) is 29.3 Å². The van der Waals surface area contributed by atoms with Crippen molar-refractivity contribution >= 4 is 12.0 Å². The molecule has 3 rings (SSSR count). The molecule has 1 aromatic carbocycles. The highest BCUT2D eigenvalue weighted by Crippen LogP contribution is 2.31. The van der Waals surface area contributed by atoms with E-state index in [1.54, 1.807) is 7.11 Å². The summed E-state index contributed by atoms with van der Waals surface area (Å²) in [6.07, 6.45) is 5.07. The molecule has 2 aliphatic rings. The van der Waals surface area contributed by atoms with Crippen LogP contribution in [0.3, 0.4) is 0 Å². The molecule has 1 amide bonds. The van der Waals surface area contributed by atoms with Crippen molar-refractivity contribution in [1.82, 2.24) is 4.90 Å². The molecule has 1 aromatic rings. The number of nitrogens with two attached hydrogens (primary N) is 1. The minimum Gasteiger partial charge on any atom is -0.497 e. The van der Waals surface area contributed by atoms with Gasteiger partial charge in [-0.05, 0) is 44.4 Å². The highest BCUT2D eigenvalue weighted by atomic mass is 16.5. The summed E-state index contributed by atoms with van der Waals surface area (Å²) >= 11 is 0. The fraction of sp³-hybridized carbons (Fsp3) is 0.500. The standard InChI is InChI=1S/C18H24N2O3/c1-12(19)16-5-3-4-8-20(16)18(21)14-9-13-6-7-15(22-2)10-17(13)23-11-14/h6-7,9-10,12,16H,3-5,8,11,19H2,1-2H3/t12-,16+/m1/s1. The van der Waals surface area contributed by atoms with E-state index < -0.39 is 0 Å². The molecule has 0 unspecified atom stereocenters. The molecule has 5 nitrogen and oxygen atoms in total. The van der Waals surface area contributed by atoms with E-state index in [0.29, 0.717) is 12.2 Å². The number of methoxy groups -OCH3 is 1. The maximum Gasteiger partial charge on any atom is 0.253 e. The molecule has 0 bridgehead atoms. The number of likely N-dealkylation sites (tertiary alicyclic amines) is 1. The number of carbonyl (C=O) groups excluding carboxylic acids is 1. The maximum absolute atomic E-state index is 12.9. The van der Waals surface area contributed by atoms with Gasteiger partial charge >= 0.3 is 0 Å². The van der Waals surface area contributed by atoms with Crippen molar-refractivity contribution in [1.29, 1.82) is 0 Å². The molecule has 1 saturated heterocycles. The summed E-state index contributed by atoms with van der Waals surface area (Å²) < 4.78 is 11.0. The Kier molecular flexibility index (Phi) is 4.57. The Hall–Kier alpha value is -2.01. The molecule has 0 aliphatic carbocycles. The lowest BCUT2D eigenvalue weighted by Crippen LogP contribution is -2.52. The molecular formula is C18H24N2O3. The fourth-order valence-electron chi connectivity index (χ4n) is 3.33. The van der Waals surface area contributed by atoms with Crippen LogP contribution in [0.5, 0.6) is 11.5 Å². The van der Waals surface area contributed by atoms with E-state index in [1.165, 1.54) is 0 Å². The quantitative estimate of drug-likeness (QED) is 0.928. The van der Waals surface area contributed by atoms with Crippen LogP contribution in [0.25, 0.3) is 6.08 Å². The highest BCUT2D eigenvalue weighted by molar-refractivity contribution is 5.99. The molecular weight excluding hydrogens is 292 g/mol. The smallest absolute Gasteiger partial charge is 0.253 e. The number of nitrogens with zero attached hydrogens (tertiary/aromatic N) is 1. The van der Waals surface area contributed by atoms with Gasteiger partial charge in [-0.25, -0.2) is 0 Å². The number of benzene rings is 1. The normalized spacial score (nSPS) is 21.8. The lowest BCUT2D eigenvalue weighted by Gasteiger charge is -2.38. The van der Waals surface area contributed by atoms with Crippen LogP contribution >= 0.6 is 0 Å². The minimum absolute atomic E-state index is 0.0130. The Morgan fingerprint density at radius 1 is 1.43 bits per heavy atom. The van der Waals surface area contributed by atoms with Gasteiger partial charge < -0.3 is 20.1 Å². The van der Waals surface area contributed by atoms with Gasteiger partial charge in [0.2, 0.25) is 0 Å². The number of carbonyl (C=O) groups is 1. The van der Waals surface area contributed by atoms with Crippen molar-refractivity contribution in [2.24, 2.45) is 5.73 Å². The summed E-state index contributed by atoms with van der Waals surface area (Å²) in [7, 11) is 1.62. The number of piperidine rings is 1. The molecule has 1 fully saturated rings. The van der Waals surface area contributed by atoms with E-state index in [-0.39, 0.29) is 18.0 Å². The van der Waals surface area contributed by atoms with E-state index in [1.807, 2.05) is 36.1 Å². The third kappa shape index (κ3) is 3.20. The maximum atomic E-state index is 12.9. The lowest BCUT2D eigenvalue weighted by atomic mass is 9.95. The van der Waals surface area contributed by atoms with Gasteiger partial charge in [0.25, 0.3) is 5.91 Å². The minimum atomic E-state index is -0.0130. The zero-order valence-electron chi connectivity index (χ0n) is 13.7. The Balaban J connectivity index is 1.83. The predicted molar refractivity (Wildman–Crippen MR) is 89.5 cm³/mol.